The zero-order chi connectivity index (χ0) is 19.2. The molecule has 0 atom stereocenters. The highest BCUT2D eigenvalue weighted by Gasteiger charge is 2.18. The lowest BCUT2D eigenvalue weighted by molar-refractivity contribution is -0.112. The van der Waals surface area contributed by atoms with E-state index in [0.717, 1.165) is 0 Å². The van der Waals surface area contributed by atoms with Crippen molar-refractivity contribution in [1.82, 2.24) is 10.2 Å². The van der Waals surface area contributed by atoms with Crippen molar-refractivity contribution in [2.45, 2.75) is 0 Å². The fourth-order valence-electron chi connectivity index (χ4n) is 2.41. The average molecular weight is 387 g/mol. The van der Waals surface area contributed by atoms with Gasteiger partial charge >= 0.3 is 0 Å². The number of nitrogens with zero attached hydrogens (tertiary/aromatic N) is 4. The maximum atomic E-state index is 12.4. The van der Waals surface area contributed by atoms with E-state index in [1.54, 1.807) is 6.07 Å². The Morgan fingerprint density at radius 3 is 2.93 bits per heavy atom. The summed E-state index contributed by atoms with van der Waals surface area (Å²) in [5.41, 5.74) is 0.438. The largest absolute Gasteiger partial charge is 0.504 e. The van der Waals surface area contributed by atoms with Crippen molar-refractivity contribution in [2.24, 2.45) is 0 Å². The van der Waals surface area contributed by atoms with E-state index in [1.165, 1.54) is 36.7 Å². The van der Waals surface area contributed by atoms with E-state index in [4.69, 9.17) is 9.47 Å². The number of phenolic OH excluding ortho intramolecular Hbond substituents is 1. The molecule has 0 unspecified atom stereocenters. The van der Waals surface area contributed by atoms with Gasteiger partial charge in [-0.3, -0.25) is 10.1 Å². The van der Waals surface area contributed by atoms with Gasteiger partial charge in [-0.25, -0.2) is 0 Å². The maximum Gasteiger partial charge on any atom is 0.268 e. The van der Waals surface area contributed by atoms with Gasteiger partial charge in [0.1, 0.15) is 11.6 Å². The lowest BCUT2D eigenvalue weighted by Crippen LogP contribution is -2.36. The molecule has 0 aliphatic carbocycles. The highest BCUT2D eigenvalue weighted by Crippen LogP contribution is 2.28. The number of methoxy groups -OCH3 is 1. The molecule has 3 rings (SSSR count). The molecule has 27 heavy (non-hydrogen) atoms. The van der Waals surface area contributed by atoms with E-state index in [0.29, 0.717) is 42.1 Å². The van der Waals surface area contributed by atoms with Crippen LogP contribution < -0.4 is 15.0 Å². The first-order valence-electron chi connectivity index (χ1n) is 8.07. The van der Waals surface area contributed by atoms with Crippen molar-refractivity contribution < 1.29 is 19.4 Å². The summed E-state index contributed by atoms with van der Waals surface area (Å²) in [4.78, 5) is 14.4. The molecule has 0 bridgehead atoms. The van der Waals surface area contributed by atoms with Crippen LogP contribution in [0.25, 0.3) is 6.08 Å². The molecule has 2 N–H and O–H groups in total. The number of nitriles is 1. The average Bonchev–Trinajstić information content (AvgIpc) is 3.16. The maximum absolute atomic E-state index is 12.4. The Labute approximate surface area is 159 Å². The van der Waals surface area contributed by atoms with Gasteiger partial charge in [0, 0.05) is 13.1 Å². The number of rotatable bonds is 5. The first-order chi connectivity index (χ1) is 13.1. The molecule has 1 amide bonds. The quantitative estimate of drug-likeness (QED) is 0.587. The Balaban J connectivity index is 1.72. The summed E-state index contributed by atoms with van der Waals surface area (Å²) in [6, 6.07) is 6.40. The van der Waals surface area contributed by atoms with E-state index in [2.05, 4.69) is 15.5 Å². The highest BCUT2D eigenvalue weighted by atomic mass is 32.1. The number of nitrogens with one attached hydrogen (secondary N) is 1. The number of carbonyl (C=O) groups is 1. The molecule has 1 aromatic heterocycles. The van der Waals surface area contributed by atoms with Crippen molar-refractivity contribution in [3.63, 3.8) is 0 Å². The molecule has 1 aliphatic heterocycles. The Morgan fingerprint density at radius 1 is 1.44 bits per heavy atom. The van der Waals surface area contributed by atoms with Crippen LogP contribution in [0.3, 0.4) is 0 Å². The molecule has 0 saturated carbocycles. The first-order valence-corrected chi connectivity index (χ1v) is 8.88. The molecule has 1 saturated heterocycles. The molecule has 9 nitrogen and oxygen atoms in total. The van der Waals surface area contributed by atoms with Crippen LogP contribution >= 0.6 is 11.3 Å². The van der Waals surface area contributed by atoms with Gasteiger partial charge < -0.3 is 19.5 Å². The Kier molecular flexibility index (Phi) is 5.85. The third-order valence-corrected chi connectivity index (χ3v) is 4.70. The van der Waals surface area contributed by atoms with Crippen LogP contribution in [0, 0.1) is 11.3 Å². The number of anilines is 2. The molecule has 1 fully saturated rings. The molecular weight excluding hydrogens is 370 g/mol. The van der Waals surface area contributed by atoms with Crippen LogP contribution in [0.5, 0.6) is 11.5 Å². The number of aromatic hydroxyl groups is 1. The van der Waals surface area contributed by atoms with Gasteiger partial charge in [0.2, 0.25) is 10.3 Å². The molecule has 2 aromatic rings. The SMILES string of the molecule is COc1cc(/C=C(/C#N)C(=O)Nc2nnc(N3CCOCC3)s2)ccc1O. The summed E-state index contributed by atoms with van der Waals surface area (Å²) in [5, 5.41) is 30.6. The number of aromatic nitrogens is 2. The van der Waals surface area contributed by atoms with Crippen molar-refractivity contribution in [3.8, 4) is 17.6 Å². The molecule has 1 aromatic carbocycles. The summed E-state index contributed by atoms with van der Waals surface area (Å²) in [5.74, 6) is -0.364. The minimum atomic E-state index is -0.589. The number of phenols is 1. The molecular formula is C17H17N5O4S. The summed E-state index contributed by atoms with van der Waals surface area (Å²) < 4.78 is 10.3. The number of amides is 1. The zero-order valence-corrected chi connectivity index (χ0v) is 15.3. The topological polar surface area (TPSA) is 121 Å². The minimum absolute atomic E-state index is 0.0258. The summed E-state index contributed by atoms with van der Waals surface area (Å²) in [6.07, 6.45) is 1.40. The summed E-state index contributed by atoms with van der Waals surface area (Å²) >= 11 is 1.24. The van der Waals surface area contributed by atoms with Crippen LogP contribution in [0.4, 0.5) is 10.3 Å². The second-order valence-electron chi connectivity index (χ2n) is 5.54. The monoisotopic (exact) mass is 387 g/mol. The van der Waals surface area contributed by atoms with Crippen molar-refractivity contribution in [3.05, 3.63) is 29.3 Å². The van der Waals surface area contributed by atoms with E-state index in [-0.39, 0.29) is 17.1 Å². The van der Waals surface area contributed by atoms with Gasteiger partial charge in [-0.2, -0.15) is 5.26 Å². The third-order valence-electron chi connectivity index (χ3n) is 3.80. The van der Waals surface area contributed by atoms with Crippen LogP contribution in [0.1, 0.15) is 5.56 Å². The number of benzene rings is 1. The fourth-order valence-corrected chi connectivity index (χ4v) is 3.20. The smallest absolute Gasteiger partial charge is 0.268 e. The first kappa shape index (κ1) is 18.6. The van der Waals surface area contributed by atoms with Crippen molar-refractivity contribution in [1.29, 1.82) is 5.26 Å². The molecule has 1 aliphatic rings. The second-order valence-corrected chi connectivity index (χ2v) is 6.50. The third kappa shape index (κ3) is 4.52. The summed E-state index contributed by atoms with van der Waals surface area (Å²) in [6.45, 7) is 2.68. The second kappa shape index (κ2) is 8.48. The summed E-state index contributed by atoms with van der Waals surface area (Å²) in [7, 11) is 1.42. The molecule has 0 spiro atoms. The minimum Gasteiger partial charge on any atom is -0.504 e. The number of carbonyl (C=O) groups excluding carboxylic acids is 1. The van der Waals surface area contributed by atoms with Gasteiger partial charge in [-0.15, -0.1) is 10.2 Å². The van der Waals surface area contributed by atoms with E-state index < -0.39 is 5.91 Å². The number of ether oxygens (including phenoxy) is 2. The normalized spacial score (nSPS) is 14.5. The van der Waals surface area contributed by atoms with Crippen LogP contribution in [0.15, 0.2) is 23.8 Å². The molecule has 2 heterocycles. The van der Waals surface area contributed by atoms with Crippen molar-refractivity contribution in [2.75, 3.05) is 43.6 Å². The van der Waals surface area contributed by atoms with Gasteiger partial charge in [0.05, 0.1) is 20.3 Å². The van der Waals surface area contributed by atoms with E-state index in [1.807, 2.05) is 11.0 Å². The molecule has 10 heteroatoms. The van der Waals surface area contributed by atoms with Gasteiger partial charge in [0.15, 0.2) is 11.5 Å². The molecule has 140 valence electrons. The van der Waals surface area contributed by atoms with E-state index >= 15 is 0 Å². The number of hydrogen-bond acceptors (Lipinski definition) is 9. The molecule has 0 radical (unpaired) electrons. The standard InChI is InChI=1S/C17H17N5O4S/c1-25-14-9-11(2-3-13(14)23)8-12(10-18)15(24)19-16-20-21-17(27-16)22-4-6-26-7-5-22/h2-3,8-9,23H,4-7H2,1H3,(H,19,20,24)/b12-8-. The van der Waals surface area contributed by atoms with Crippen molar-refractivity contribution >= 4 is 33.6 Å². The van der Waals surface area contributed by atoms with Gasteiger partial charge in [-0.1, -0.05) is 17.4 Å². The highest BCUT2D eigenvalue weighted by molar-refractivity contribution is 7.19. The predicted octanol–water partition coefficient (Wildman–Crippen LogP) is 1.63. The Bertz CT molecular complexity index is 899. The Hall–Kier alpha value is -3.16. The Morgan fingerprint density at radius 2 is 2.22 bits per heavy atom. The van der Waals surface area contributed by atoms with E-state index in [9.17, 15) is 15.2 Å². The number of hydrogen-bond donors (Lipinski definition) is 2. The lowest BCUT2D eigenvalue weighted by Gasteiger charge is -2.25. The van der Waals surface area contributed by atoms with Crippen LogP contribution in [0.2, 0.25) is 0 Å². The predicted molar refractivity (Wildman–Crippen MR) is 99.8 cm³/mol. The zero-order valence-electron chi connectivity index (χ0n) is 14.5. The number of morpholine rings is 1. The van der Waals surface area contributed by atoms with Gasteiger partial charge in [0.25, 0.3) is 5.91 Å². The van der Waals surface area contributed by atoms with Crippen LogP contribution in [-0.2, 0) is 9.53 Å². The lowest BCUT2D eigenvalue weighted by atomic mass is 10.1. The fraction of sp³-hybridized carbons (Fsp3) is 0.294. The van der Waals surface area contributed by atoms with Gasteiger partial charge in [-0.05, 0) is 23.8 Å². The van der Waals surface area contributed by atoms with Crippen LogP contribution in [-0.4, -0.2) is 54.6 Å².